The highest BCUT2D eigenvalue weighted by atomic mass is 15.0. The van der Waals surface area contributed by atoms with Gasteiger partial charge in [0.25, 0.3) is 0 Å². The molecule has 0 bridgehead atoms. The van der Waals surface area contributed by atoms with Crippen molar-refractivity contribution in [3.05, 3.63) is 47.7 Å². The fraction of sp³-hybridized carbons (Fsp3) is 0.250. The molecular weight excluding hydrogens is 200 g/mol. The van der Waals surface area contributed by atoms with Gasteiger partial charge >= 0.3 is 0 Å². The maximum Gasteiger partial charge on any atom is 0.130 e. The molecule has 0 aliphatic heterocycles. The van der Waals surface area contributed by atoms with E-state index >= 15 is 0 Å². The molecule has 0 aliphatic carbocycles. The standard InChI is InChI=1S/C12H14N4/c1-9-6-12(16-10(2)15-9)14-8-11-4-3-5-13-7-11/h3-7H,8H2,1-2H3,(H,14,15,16). The summed E-state index contributed by atoms with van der Waals surface area (Å²) < 4.78 is 0. The van der Waals surface area contributed by atoms with Crippen LogP contribution in [-0.4, -0.2) is 15.0 Å². The van der Waals surface area contributed by atoms with Crippen molar-refractivity contribution >= 4 is 5.82 Å². The molecule has 2 heterocycles. The van der Waals surface area contributed by atoms with Crippen molar-refractivity contribution < 1.29 is 0 Å². The van der Waals surface area contributed by atoms with E-state index in [0.29, 0.717) is 0 Å². The second-order valence-corrected chi connectivity index (χ2v) is 3.66. The molecule has 16 heavy (non-hydrogen) atoms. The third kappa shape index (κ3) is 2.76. The number of aromatic nitrogens is 3. The number of nitrogens with zero attached hydrogens (tertiary/aromatic N) is 3. The van der Waals surface area contributed by atoms with Crippen molar-refractivity contribution in [2.24, 2.45) is 0 Å². The Morgan fingerprint density at radius 3 is 2.81 bits per heavy atom. The second kappa shape index (κ2) is 4.70. The first-order valence-electron chi connectivity index (χ1n) is 5.19. The van der Waals surface area contributed by atoms with Gasteiger partial charge in [-0.1, -0.05) is 6.07 Å². The van der Waals surface area contributed by atoms with E-state index in [1.54, 1.807) is 6.20 Å². The number of nitrogens with one attached hydrogen (secondary N) is 1. The molecule has 2 aromatic rings. The van der Waals surface area contributed by atoms with Crippen LogP contribution >= 0.6 is 0 Å². The summed E-state index contributed by atoms with van der Waals surface area (Å²) in [5.41, 5.74) is 2.11. The van der Waals surface area contributed by atoms with Gasteiger partial charge in [-0.15, -0.1) is 0 Å². The first kappa shape index (κ1) is 10.5. The van der Waals surface area contributed by atoms with E-state index in [4.69, 9.17) is 0 Å². The minimum atomic E-state index is 0.726. The van der Waals surface area contributed by atoms with Crippen molar-refractivity contribution in [3.8, 4) is 0 Å². The van der Waals surface area contributed by atoms with Gasteiger partial charge < -0.3 is 5.32 Å². The normalized spacial score (nSPS) is 10.1. The molecule has 0 unspecified atom stereocenters. The second-order valence-electron chi connectivity index (χ2n) is 3.66. The van der Waals surface area contributed by atoms with Crippen LogP contribution in [-0.2, 0) is 6.54 Å². The van der Waals surface area contributed by atoms with Crippen LogP contribution in [0, 0.1) is 13.8 Å². The van der Waals surface area contributed by atoms with Crippen LogP contribution in [0.2, 0.25) is 0 Å². The average Bonchev–Trinajstić information content (AvgIpc) is 2.27. The van der Waals surface area contributed by atoms with E-state index in [2.05, 4.69) is 20.3 Å². The first-order chi connectivity index (χ1) is 7.74. The lowest BCUT2D eigenvalue weighted by Gasteiger charge is -2.06. The topological polar surface area (TPSA) is 50.7 Å². The summed E-state index contributed by atoms with van der Waals surface area (Å²) in [5, 5.41) is 3.25. The highest BCUT2D eigenvalue weighted by Crippen LogP contribution is 2.07. The van der Waals surface area contributed by atoms with Crippen LogP contribution in [0.1, 0.15) is 17.1 Å². The molecule has 4 nitrogen and oxygen atoms in total. The number of aryl methyl sites for hydroxylation is 2. The lowest BCUT2D eigenvalue weighted by Crippen LogP contribution is -2.04. The molecule has 0 spiro atoms. The highest BCUT2D eigenvalue weighted by molar-refractivity contribution is 5.36. The predicted molar refractivity (Wildman–Crippen MR) is 63.1 cm³/mol. The first-order valence-corrected chi connectivity index (χ1v) is 5.19. The zero-order valence-electron chi connectivity index (χ0n) is 9.44. The highest BCUT2D eigenvalue weighted by Gasteiger charge is 1.98. The summed E-state index contributed by atoms with van der Waals surface area (Å²) in [5.74, 6) is 1.64. The van der Waals surface area contributed by atoms with Gasteiger partial charge in [-0.25, -0.2) is 9.97 Å². The zero-order chi connectivity index (χ0) is 11.4. The van der Waals surface area contributed by atoms with Gasteiger partial charge in [0, 0.05) is 30.7 Å². The van der Waals surface area contributed by atoms with Crippen molar-refractivity contribution in [1.29, 1.82) is 0 Å². The van der Waals surface area contributed by atoms with Crippen molar-refractivity contribution in [1.82, 2.24) is 15.0 Å². The molecule has 4 heteroatoms. The Labute approximate surface area is 94.8 Å². The molecule has 2 rings (SSSR count). The largest absolute Gasteiger partial charge is 0.366 e. The molecule has 0 amide bonds. The predicted octanol–water partition coefficient (Wildman–Crippen LogP) is 2.10. The molecule has 0 saturated heterocycles. The van der Waals surface area contributed by atoms with Gasteiger partial charge in [0.1, 0.15) is 11.6 Å². The van der Waals surface area contributed by atoms with Gasteiger partial charge in [-0.2, -0.15) is 0 Å². The quantitative estimate of drug-likeness (QED) is 0.850. The Hall–Kier alpha value is -1.97. The Kier molecular flexibility index (Phi) is 3.10. The molecule has 82 valence electrons. The average molecular weight is 214 g/mol. The maximum absolute atomic E-state index is 4.31. The third-order valence-corrected chi connectivity index (χ3v) is 2.16. The Bertz CT molecular complexity index is 447. The van der Waals surface area contributed by atoms with Gasteiger partial charge in [0.15, 0.2) is 0 Å². The third-order valence-electron chi connectivity index (χ3n) is 2.16. The number of pyridine rings is 1. The smallest absolute Gasteiger partial charge is 0.130 e. The van der Waals surface area contributed by atoms with Crippen LogP contribution < -0.4 is 5.32 Å². The molecule has 0 radical (unpaired) electrons. The molecule has 0 aromatic carbocycles. The molecular formula is C12H14N4. The Balaban J connectivity index is 2.05. The van der Waals surface area contributed by atoms with E-state index in [1.807, 2.05) is 38.2 Å². The van der Waals surface area contributed by atoms with Gasteiger partial charge in [0.05, 0.1) is 0 Å². The molecule has 1 N–H and O–H groups in total. The number of rotatable bonds is 3. The van der Waals surface area contributed by atoms with Crippen molar-refractivity contribution in [2.75, 3.05) is 5.32 Å². The summed E-state index contributed by atoms with van der Waals surface area (Å²) in [6, 6.07) is 5.89. The number of hydrogen-bond acceptors (Lipinski definition) is 4. The fourth-order valence-corrected chi connectivity index (χ4v) is 1.50. The molecule has 0 fully saturated rings. The molecule has 2 aromatic heterocycles. The monoisotopic (exact) mass is 214 g/mol. The van der Waals surface area contributed by atoms with Crippen LogP contribution in [0.25, 0.3) is 0 Å². The van der Waals surface area contributed by atoms with Crippen molar-refractivity contribution in [2.45, 2.75) is 20.4 Å². The summed E-state index contributed by atoms with van der Waals surface area (Å²) in [7, 11) is 0. The Morgan fingerprint density at radius 1 is 1.25 bits per heavy atom. The van der Waals surface area contributed by atoms with Gasteiger partial charge in [-0.05, 0) is 25.5 Å². The van der Waals surface area contributed by atoms with Crippen LogP contribution in [0.15, 0.2) is 30.6 Å². The summed E-state index contributed by atoms with van der Waals surface area (Å²) in [6.07, 6.45) is 3.61. The zero-order valence-corrected chi connectivity index (χ0v) is 9.44. The molecule has 0 aliphatic rings. The lowest BCUT2D eigenvalue weighted by molar-refractivity contribution is 0.989. The van der Waals surface area contributed by atoms with E-state index in [1.165, 1.54) is 0 Å². The number of anilines is 1. The Morgan fingerprint density at radius 2 is 2.12 bits per heavy atom. The van der Waals surface area contributed by atoms with Gasteiger partial charge in [0.2, 0.25) is 0 Å². The van der Waals surface area contributed by atoms with Crippen LogP contribution in [0.4, 0.5) is 5.82 Å². The SMILES string of the molecule is Cc1cc(NCc2cccnc2)nc(C)n1. The summed E-state index contributed by atoms with van der Waals surface area (Å²) in [6.45, 7) is 4.58. The van der Waals surface area contributed by atoms with E-state index in [9.17, 15) is 0 Å². The summed E-state index contributed by atoms with van der Waals surface area (Å²) in [4.78, 5) is 12.6. The van der Waals surface area contributed by atoms with Crippen LogP contribution in [0.5, 0.6) is 0 Å². The minimum Gasteiger partial charge on any atom is -0.366 e. The van der Waals surface area contributed by atoms with E-state index in [0.717, 1.165) is 29.4 Å². The lowest BCUT2D eigenvalue weighted by atomic mass is 10.3. The minimum absolute atomic E-state index is 0.726. The maximum atomic E-state index is 4.31. The van der Waals surface area contributed by atoms with E-state index < -0.39 is 0 Å². The number of hydrogen-bond donors (Lipinski definition) is 1. The fourth-order valence-electron chi connectivity index (χ4n) is 1.50. The van der Waals surface area contributed by atoms with Gasteiger partial charge in [-0.3, -0.25) is 4.98 Å². The van der Waals surface area contributed by atoms with Crippen molar-refractivity contribution in [3.63, 3.8) is 0 Å². The molecule has 0 saturated carbocycles. The van der Waals surface area contributed by atoms with E-state index in [-0.39, 0.29) is 0 Å². The molecule has 0 atom stereocenters. The van der Waals surface area contributed by atoms with Crippen LogP contribution in [0.3, 0.4) is 0 Å². The summed E-state index contributed by atoms with van der Waals surface area (Å²) >= 11 is 0.